The molecule has 0 aliphatic carbocycles. The van der Waals surface area contributed by atoms with E-state index in [1.165, 1.54) is 25.8 Å². The topological polar surface area (TPSA) is 23.5 Å². The maximum atomic E-state index is 9.65. The highest BCUT2D eigenvalue weighted by atomic mass is 16.3. The van der Waals surface area contributed by atoms with Crippen LogP contribution in [0, 0.1) is 0 Å². The Hall–Kier alpha value is -0.0800. The monoisotopic (exact) mass is 215 g/mol. The first-order chi connectivity index (χ1) is 7.24. The molecule has 0 heterocycles. The summed E-state index contributed by atoms with van der Waals surface area (Å²) in [6.07, 6.45) is 6.67. The van der Waals surface area contributed by atoms with Gasteiger partial charge in [-0.05, 0) is 45.3 Å². The summed E-state index contributed by atoms with van der Waals surface area (Å²) >= 11 is 0. The quantitative estimate of drug-likeness (QED) is 0.566. The van der Waals surface area contributed by atoms with E-state index in [4.69, 9.17) is 0 Å². The van der Waals surface area contributed by atoms with Gasteiger partial charge in [0.15, 0.2) is 0 Å². The van der Waals surface area contributed by atoms with E-state index >= 15 is 0 Å². The highest BCUT2D eigenvalue weighted by molar-refractivity contribution is 4.58. The van der Waals surface area contributed by atoms with E-state index in [1.807, 2.05) is 0 Å². The van der Waals surface area contributed by atoms with Crippen molar-refractivity contribution in [2.75, 3.05) is 19.6 Å². The van der Waals surface area contributed by atoms with Crippen molar-refractivity contribution in [3.63, 3.8) is 0 Å². The number of unbranched alkanes of at least 4 members (excludes halogenated alkanes) is 2. The molecule has 0 aliphatic heterocycles. The third-order valence-corrected chi connectivity index (χ3v) is 3.05. The maximum Gasteiger partial charge on any atom is 0.0540 e. The largest absolute Gasteiger partial charge is 0.393 e. The normalized spacial score (nSPS) is 13.4. The lowest BCUT2D eigenvalue weighted by atomic mass is 10.1. The highest BCUT2D eigenvalue weighted by Gasteiger charge is 2.03. The fraction of sp³-hybridized carbons (Fsp3) is 1.00. The second-order valence-corrected chi connectivity index (χ2v) is 4.32. The molecule has 0 fully saturated rings. The van der Waals surface area contributed by atoms with Crippen LogP contribution in [0.4, 0.5) is 0 Å². The van der Waals surface area contributed by atoms with Crippen LogP contribution < -0.4 is 0 Å². The third kappa shape index (κ3) is 8.88. The molecule has 0 spiro atoms. The molecule has 2 heteroatoms. The van der Waals surface area contributed by atoms with Crippen molar-refractivity contribution in [2.24, 2.45) is 0 Å². The Morgan fingerprint density at radius 2 is 1.53 bits per heavy atom. The first-order valence-electron chi connectivity index (χ1n) is 6.64. The van der Waals surface area contributed by atoms with Crippen molar-refractivity contribution in [1.29, 1.82) is 0 Å². The molecule has 0 amide bonds. The molecule has 0 aromatic heterocycles. The summed E-state index contributed by atoms with van der Waals surface area (Å²) in [6, 6.07) is 0. The zero-order valence-corrected chi connectivity index (χ0v) is 10.8. The fourth-order valence-corrected chi connectivity index (χ4v) is 1.84. The predicted octanol–water partition coefficient (Wildman–Crippen LogP) is 3.05. The molecule has 0 aliphatic rings. The summed E-state index contributed by atoms with van der Waals surface area (Å²) in [4.78, 5) is 2.44. The first kappa shape index (κ1) is 14.9. The van der Waals surface area contributed by atoms with Gasteiger partial charge in [-0.1, -0.05) is 33.6 Å². The van der Waals surface area contributed by atoms with Gasteiger partial charge >= 0.3 is 0 Å². The van der Waals surface area contributed by atoms with E-state index in [2.05, 4.69) is 25.7 Å². The summed E-state index contributed by atoms with van der Waals surface area (Å²) in [5.41, 5.74) is 0. The van der Waals surface area contributed by atoms with Crippen LogP contribution in [-0.2, 0) is 0 Å². The zero-order chi connectivity index (χ0) is 11.5. The Morgan fingerprint density at radius 1 is 0.933 bits per heavy atom. The van der Waals surface area contributed by atoms with Gasteiger partial charge in [-0.25, -0.2) is 0 Å². The molecule has 0 radical (unpaired) electrons. The van der Waals surface area contributed by atoms with Gasteiger partial charge in [0.25, 0.3) is 0 Å². The second kappa shape index (κ2) is 10.4. The molecule has 1 N–H and O–H groups in total. The van der Waals surface area contributed by atoms with Crippen molar-refractivity contribution < 1.29 is 5.11 Å². The van der Waals surface area contributed by atoms with Gasteiger partial charge in [0, 0.05) is 0 Å². The number of aliphatic hydroxyl groups excluding tert-OH is 1. The van der Waals surface area contributed by atoms with E-state index < -0.39 is 0 Å². The van der Waals surface area contributed by atoms with E-state index in [1.54, 1.807) is 0 Å². The van der Waals surface area contributed by atoms with Crippen LogP contribution >= 0.6 is 0 Å². The summed E-state index contributed by atoms with van der Waals surface area (Å²) < 4.78 is 0. The Bertz CT molecular complexity index is 124. The number of rotatable bonds is 10. The van der Waals surface area contributed by atoms with E-state index in [9.17, 15) is 5.11 Å². The van der Waals surface area contributed by atoms with Gasteiger partial charge in [-0.3, -0.25) is 0 Å². The van der Waals surface area contributed by atoms with Crippen LogP contribution in [0.2, 0.25) is 0 Å². The average molecular weight is 215 g/mol. The summed E-state index contributed by atoms with van der Waals surface area (Å²) in [5, 5.41) is 9.65. The molecule has 15 heavy (non-hydrogen) atoms. The summed E-state index contributed by atoms with van der Waals surface area (Å²) in [5.74, 6) is 0. The average Bonchev–Trinajstić information content (AvgIpc) is 2.26. The Morgan fingerprint density at radius 3 is 2.07 bits per heavy atom. The molecule has 1 atom stereocenters. The highest BCUT2D eigenvalue weighted by Crippen LogP contribution is 2.08. The molecule has 0 aromatic rings. The van der Waals surface area contributed by atoms with Crippen LogP contribution in [-0.4, -0.2) is 35.7 Å². The lowest BCUT2D eigenvalue weighted by Crippen LogP contribution is -2.24. The van der Waals surface area contributed by atoms with Crippen molar-refractivity contribution in [3.8, 4) is 0 Å². The molecule has 2 nitrogen and oxygen atoms in total. The molecular formula is C13H29NO. The van der Waals surface area contributed by atoms with Crippen molar-refractivity contribution >= 4 is 0 Å². The van der Waals surface area contributed by atoms with Crippen molar-refractivity contribution in [2.45, 2.75) is 65.4 Å². The minimum absolute atomic E-state index is 0.0540. The fourth-order valence-electron chi connectivity index (χ4n) is 1.84. The second-order valence-electron chi connectivity index (χ2n) is 4.32. The summed E-state index contributed by atoms with van der Waals surface area (Å²) in [6.45, 7) is 10.1. The number of hydrogen-bond acceptors (Lipinski definition) is 2. The predicted molar refractivity (Wildman–Crippen MR) is 67.2 cm³/mol. The molecular weight excluding hydrogens is 186 g/mol. The van der Waals surface area contributed by atoms with Crippen molar-refractivity contribution in [3.05, 3.63) is 0 Å². The molecule has 0 bridgehead atoms. The number of aliphatic hydroxyl groups is 1. The van der Waals surface area contributed by atoms with Crippen LogP contribution in [0.3, 0.4) is 0 Å². The minimum atomic E-state index is -0.0540. The lowest BCUT2D eigenvalue weighted by molar-refractivity contribution is 0.146. The van der Waals surface area contributed by atoms with Crippen LogP contribution in [0.1, 0.15) is 59.3 Å². The molecule has 0 aromatic carbocycles. The van der Waals surface area contributed by atoms with Gasteiger partial charge < -0.3 is 10.0 Å². The zero-order valence-electron chi connectivity index (χ0n) is 10.8. The smallest absolute Gasteiger partial charge is 0.0540 e. The number of nitrogens with zero attached hydrogens (tertiary/aromatic N) is 1. The maximum absolute atomic E-state index is 9.65. The van der Waals surface area contributed by atoms with Gasteiger partial charge in [-0.2, -0.15) is 0 Å². The van der Waals surface area contributed by atoms with Gasteiger partial charge in [0.1, 0.15) is 0 Å². The van der Waals surface area contributed by atoms with Crippen molar-refractivity contribution in [1.82, 2.24) is 4.90 Å². The van der Waals surface area contributed by atoms with E-state index in [-0.39, 0.29) is 6.10 Å². The van der Waals surface area contributed by atoms with Gasteiger partial charge in [-0.15, -0.1) is 0 Å². The third-order valence-electron chi connectivity index (χ3n) is 3.05. The molecule has 0 saturated carbocycles. The lowest BCUT2D eigenvalue weighted by Gasteiger charge is -2.18. The van der Waals surface area contributed by atoms with E-state index in [0.29, 0.717) is 0 Å². The molecule has 0 rings (SSSR count). The first-order valence-corrected chi connectivity index (χ1v) is 6.64. The Labute approximate surface area is 95.7 Å². The van der Waals surface area contributed by atoms with Gasteiger partial charge in [0.2, 0.25) is 0 Å². The minimum Gasteiger partial charge on any atom is -0.393 e. The SMILES string of the molecule is CCCC[C@@H](O)CCCCN(CC)CC. The molecule has 0 saturated heterocycles. The number of hydrogen-bond donors (Lipinski definition) is 1. The Balaban J connectivity index is 3.29. The van der Waals surface area contributed by atoms with Crippen LogP contribution in [0.25, 0.3) is 0 Å². The van der Waals surface area contributed by atoms with E-state index in [0.717, 1.165) is 32.4 Å². The van der Waals surface area contributed by atoms with Crippen LogP contribution in [0.15, 0.2) is 0 Å². The standard InChI is InChI=1S/C13H29NO/c1-4-7-10-13(15)11-8-9-12-14(5-2)6-3/h13,15H,4-12H2,1-3H3/t13-/m1/s1. The molecule has 0 unspecified atom stereocenters. The molecule has 92 valence electrons. The van der Waals surface area contributed by atoms with Crippen LogP contribution in [0.5, 0.6) is 0 Å². The van der Waals surface area contributed by atoms with Gasteiger partial charge in [0.05, 0.1) is 6.10 Å². The summed E-state index contributed by atoms with van der Waals surface area (Å²) in [7, 11) is 0. The Kier molecular flexibility index (Phi) is 10.4.